The molecule has 0 aliphatic carbocycles. The molecule has 0 radical (unpaired) electrons. The Morgan fingerprint density at radius 3 is 2.08 bits per heavy atom. The summed E-state index contributed by atoms with van der Waals surface area (Å²) in [6.45, 7) is 1.56. The van der Waals surface area contributed by atoms with E-state index in [2.05, 4.69) is 0 Å². The standard InChI is InChI=1S/C7H13NO3.ClH/c1-5-6(9)7(10)11-8(2,3)4;/h5H,1-4H3;1H. The first-order valence-corrected chi connectivity index (χ1v) is 3.27. The van der Waals surface area contributed by atoms with E-state index in [0.29, 0.717) is 0 Å². The number of carbonyl (C=O) groups excluding carboxylic acids is 1. The molecule has 0 aromatic heterocycles. The van der Waals surface area contributed by atoms with Gasteiger partial charge in [-0.25, -0.2) is 4.79 Å². The lowest BCUT2D eigenvalue weighted by atomic mass is 10.5. The quantitative estimate of drug-likeness (QED) is 0.232. The minimum Gasteiger partial charge on any atom is -1.00 e. The van der Waals surface area contributed by atoms with E-state index in [0.717, 1.165) is 0 Å². The number of carbonyl (C=O) groups is 1. The predicted molar refractivity (Wildman–Crippen MR) is 40.5 cm³/mol. The van der Waals surface area contributed by atoms with Crippen LogP contribution >= 0.6 is 0 Å². The molecular weight excluding hydrogens is 182 g/mol. The summed E-state index contributed by atoms with van der Waals surface area (Å²) in [5, 5.41) is 8.87. The highest BCUT2D eigenvalue weighted by Gasteiger charge is 2.18. The van der Waals surface area contributed by atoms with Crippen LogP contribution in [0.4, 0.5) is 0 Å². The van der Waals surface area contributed by atoms with E-state index in [4.69, 9.17) is 9.94 Å². The van der Waals surface area contributed by atoms with E-state index in [-0.39, 0.29) is 22.8 Å². The third-order valence-electron chi connectivity index (χ3n) is 0.839. The normalized spacial score (nSPS) is 11.8. The van der Waals surface area contributed by atoms with E-state index in [1.54, 1.807) is 28.1 Å². The minimum atomic E-state index is -0.708. The van der Waals surface area contributed by atoms with Gasteiger partial charge in [-0.15, -0.1) is 4.65 Å². The van der Waals surface area contributed by atoms with Crippen molar-refractivity contribution >= 4 is 5.97 Å². The molecular formula is C7H14ClNO3. The van der Waals surface area contributed by atoms with Crippen LogP contribution < -0.4 is 12.4 Å². The molecule has 0 aromatic carbocycles. The van der Waals surface area contributed by atoms with Crippen molar-refractivity contribution in [1.82, 2.24) is 0 Å². The Balaban J connectivity index is 0. The lowest BCUT2D eigenvalue weighted by Crippen LogP contribution is -3.00. The van der Waals surface area contributed by atoms with Crippen molar-refractivity contribution in [2.75, 3.05) is 21.1 Å². The number of hydroxylamine groups is 3. The van der Waals surface area contributed by atoms with E-state index in [1.165, 1.54) is 6.08 Å². The molecule has 0 saturated carbocycles. The summed E-state index contributed by atoms with van der Waals surface area (Å²) in [5.41, 5.74) is 0. The minimum absolute atomic E-state index is 0. The fraction of sp³-hybridized carbons (Fsp3) is 0.571. The SMILES string of the molecule is CC=C(O)C(=O)O[N+](C)(C)C.[Cl-]. The number of rotatable bonds is 2. The average molecular weight is 196 g/mol. The van der Waals surface area contributed by atoms with Crippen LogP contribution in [0.15, 0.2) is 11.8 Å². The maximum absolute atomic E-state index is 10.8. The van der Waals surface area contributed by atoms with Crippen molar-refractivity contribution in [3.8, 4) is 0 Å². The van der Waals surface area contributed by atoms with Crippen LogP contribution in [0.3, 0.4) is 0 Å². The lowest BCUT2D eigenvalue weighted by Gasteiger charge is -2.19. The van der Waals surface area contributed by atoms with Gasteiger partial charge in [0.15, 0.2) is 0 Å². The second-order valence-corrected chi connectivity index (χ2v) is 2.94. The molecule has 0 atom stereocenters. The van der Waals surface area contributed by atoms with Gasteiger partial charge in [-0.1, -0.05) is 0 Å². The first-order chi connectivity index (χ1) is 4.87. The molecule has 0 bridgehead atoms. The summed E-state index contributed by atoms with van der Waals surface area (Å²) in [5.74, 6) is -1.07. The summed E-state index contributed by atoms with van der Waals surface area (Å²) in [7, 11) is 5.04. The highest BCUT2D eigenvalue weighted by atomic mass is 35.5. The molecule has 0 saturated heterocycles. The van der Waals surface area contributed by atoms with Crippen LogP contribution in [0.25, 0.3) is 0 Å². The van der Waals surface area contributed by atoms with Gasteiger partial charge in [0.2, 0.25) is 5.76 Å². The summed E-state index contributed by atoms with van der Waals surface area (Å²) in [4.78, 5) is 15.6. The highest BCUT2D eigenvalue weighted by Crippen LogP contribution is 1.98. The summed E-state index contributed by atoms with van der Waals surface area (Å²) in [6, 6.07) is 0. The Kier molecular flexibility index (Phi) is 5.76. The Morgan fingerprint density at radius 2 is 1.83 bits per heavy atom. The van der Waals surface area contributed by atoms with E-state index in [1.807, 2.05) is 0 Å². The highest BCUT2D eigenvalue weighted by molar-refractivity contribution is 5.84. The second-order valence-electron chi connectivity index (χ2n) is 2.94. The van der Waals surface area contributed by atoms with Crippen LogP contribution in [0.1, 0.15) is 6.92 Å². The van der Waals surface area contributed by atoms with Crippen LogP contribution in [-0.4, -0.2) is 36.9 Å². The number of aliphatic hydroxyl groups excluding tert-OH is 1. The zero-order valence-electron chi connectivity index (χ0n) is 7.67. The third kappa shape index (κ3) is 6.00. The second kappa shape index (κ2) is 5.00. The number of nitrogens with zero attached hydrogens (tertiary/aromatic N) is 1. The van der Waals surface area contributed by atoms with E-state index >= 15 is 0 Å². The molecule has 12 heavy (non-hydrogen) atoms. The molecule has 0 heterocycles. The lowest BCUT2D eigenvalue weighted by molar-refractivity contribution is -1.04. The topological polar surface area (TPSA) is 46.5 Å². The van der Waals surface area contributed by atoms with Crippen molar-refractivity contribution in [2.45, 2.75) is 6.92 Å². The molecule has 0 spiro atoms. The van der Waals surface area contributed by atoms with Crippen molar-refractivity contribution in [2.24, 2.45) is 0 Å². The summed E-state index contributed by atoms with van der Waals surface area (Å²) < 4.78 is 0.0384. The van der Waals surface area contributed by atoms with Crippen molar-refractivity contribution in [3.63, 3.8) is 0 Å². The summed E-state index contributed by atoms with van der Waals surface area (Å²) >= 11 is 0. The van der Waals surface area contributed by atoms with Gasteiger partial charge in [-0.3, -0.25) is 4.84 Å². The molecule has 4 nitrogen and oxygen atoms in total. The molecule has 0 unspecified atom stereocenters. The van der Waals surface area contributed by atoms with Gasteiger partial charge >= 0.3 is 5.97 Å². The number of aliphatic hydroxyl groups is 1. The van der Waals surface area contributed by atoms with Crippen LogP contribution in [0.2, 0.25) is 0 Å². The largest absolute Gasteiger partial charge is 1.00 e. The van der Waals surface area contributed by atoms with Gasteiger partial charge in [-0.05, 0) is 13.0 Å². The van der Waals surface area contributed by atoms with Gasteiger partial charge in [0.25, 0.3) is 0 Å². The van der Waals surface area contributed by atoms with Crippen LogP contribution in [-0.2, 0) is 9.63 Å². The zero-order chi connectivity index (χ0) is 9.07. The zero-order valence-corrected chi connectivity index (χ0v) is 8.42. The number of hydrogen-bond acceptors (Lipinski definition) is 3. The van der Waals surface area contributed by atoms with Gasteiger partial charge in [0.05, 0.1) is 0 Å². The smallest absolute Gasteiger partial charge is 0.430 e. The number of quaternary nitrogens is 1. The van der Waals surface area contributed by atoms with Gasteiger partial charge in [-0.2, -0.15) is 0 Å². The Morgan fingerprint density at radius 1 is 1.42 bits per heavy atom. The first kappa shape index (κ1) is 13.8. The number of hydrogen-bond donors (Lipinski definition) is 1. The number of allylic oxidation sites excluding steroid dienone is 1. The van der Waals surface area contributed by atoms with Gasteiger partial charge in [0.1, 0.15) is 21.1 Å². The van der Waals surface area contributed by atoms with Gasteiger partial charge < -0.3 is 17.5 Å². The Bertz CT molecular complexity index is 184. The van der Waals surface area contributed by atoms with Crippen LogP contribution in [0, 0.1) is 0 Å². The molecule has 5 heteroatoms. The Labute approximate surface area is 78.4 Å². The fourth-order valence-corrected chi connectivity index (χ4v) is 0.413. The molecule has 1 N–H and O–H groups in total. The van der Waals surface area contributed by atoms with Gasteiger partial charge in [0, 0.05) is 0 Å². The van der Waals surface area contributed by atoms with Crippen LogP contribution in [0.5, 0.6) is 0 Å². The van der Waals surface area contributed by atoms with Crippen molar-refractivity contribution in [3.05, 3.63) is 11.8 Å². The third-order valence-corrected chi connectivity index (χ3v) is 0.839. The average Bonchev–Trinajstić information content (AvgIpc) is 1.82. The predicted octanol–water partition coefficient (Wildman–Crippen LogP) is -2.38. The molecule has 0 amide bonds. The van der Waals surface area contributed by atoms with Crippen molar-refractivity contribution < 1.29 is 31.8 Å². The van der Waals surface area contributed by atoms with E-state index < -0.39 is 5.97 Å². The fourth-order valence-electron chi connectivity index (χ4n) is 0.413. The summed E-state index contributed by atoms with van der Waals surface area (Å²) in [6.07, 6.45) is 1.29. The molecule has 0 rings (SSSR count). The molecule has 0 aromatic rings. The maximum Gasteiger partial charge on any atom is 0.430 e. The molecule has 0 fully saturated rings. The van der Waals surface area contributed by atoms with Crippen molar-refractivity contribution in [1.29, 1.82) is 0 Å². The molecule has 0 aliphatic rings. The maximum atomic E-state index is 10.8. The Hall–Kier alpha value is -0.740. The monoisotopic (exact) mass is 195 g/mol. The first-order valence-electron chi connectivity index (χ1n) is 3.27. The van der Waals surface area contributed by atoms with E-state index in [9.17, 15) is 4.79 Å². The molecule has 72 valence electrons. The molecule has 0 aliphatic heterocycles. The number of halogens is 1.